The largest absolute Gasteiger partial charge is 0.459 e. The number of rotatable bonds is 4. The first kappa shape index (κ1) is 18.2. The number of amides is 2. The van der Waals surface area contributed by atoms with E-state index in [0.717, 1.165) is 10.5 Å². The normalized spacial score (nSPS) is 21.2. The number of carbonyl (C=O) groups excluding carboxylic acids is 3. The number of benzene rings is 1. The van der Waals surface area contributed by atoms with E-state index in [1.54, 1.807) is 12.1 Å². The average molecular weight is 381 g/mol. The number of hydrogen-bond acceptors (Lipinski definition) is 6. The highest BCUT2D eigenvalue weighted by Crippen LogP contribution is 2.34. The molecule has 2 amide bonds. The highest BCUT2D eigenvalue weighted by atomic mass is 16.5. The number of nitrogens with zero attached hydrogens (tertiary/aromatic N) is 1. The summed E-state index contributed by atoms with van der Waals surface area (Å²) in [4.78, 5) is 49.9. The topological polar surface area (TPSA) is 93.9 Å². The van der Waals surface area contributed by atoms with E-state index >= 15 is 0 Å². The molecule has 2 heterocycles. The molecule has 2 aromatic rings. The van der Waals surface area contributed by atoms with Gasteiger partial charge in [0.2, 0.25) is 11.8 Å². The highest BCUT2D eigenvalue weighted by molar-refractivity contribution is 6.07. The minimum absolute atomic E-state index is 0.144. The number of carbonyl (C=O) groups is 3. The summed E-state index contributed by atoms with van der Waals surface area (Å²) < 4.78 is 10.4. The summed E-state index contributed by atoms with van der Waals surface area (Å²) in [6.07, 6.45) is 4.82. The van der Waals surface area contributed by atoms with Gasteiger partial charge in [-0.25, -0.2) is 4.79 Å². The van der Waals surface area contributed by atoms with Crippen LogP contribution in [0.1, 0.15) is 24.0 Å². The van der Waals surface area contributed by atoms with Crippen LogP contribution in [0.25, 0.3) is 11.0 Å². The Bertz CT molecular complexity index is 1040. The molecule has 0 unspecified atom stereocenters. The van der Waals surface area contributed by atoms with Crippen molar-refractivity contribution in [1.29, 1.82) is 0 Å². The number of esters is 1. The number of hydrogen-bond donors (Lipinski definition) is 0. The van der Waals surface area contributed by atoms with Crippen LogP contribution in [0, 0.1) is 18.8 Å². The smallest absolute Gasteiger partial charge is 0.336 e. The lowest BCUT2D eigenvalue weighted by Gasteiger charge is -2.14. The summed E-state index contributed by atoms with van der Waals surface area (Å²) in [5, 5.41) is 0.670. The van der Waals surface area contributed by atoms with Crippen LogP contribution in [0.3, 0.4) is 0 Å². The monoisotopic (exact) mass is 381 g/mol. The third kappa shape index (κ3) is 3.24. The minimum atomic E-state index is -0.693. The lowest BCUT2D eigenvalue weighted by atomic mass is 9.85. The van der Waals surface area contributed by atoms with E-state index in [1.165, 1.54) is 6.07 Å². The molecule has 0 N–H and O–H groups in total. The van der Waals surface area contributed by atoms with Crippen LogP contribution in [0.15, 0.2) is 45.6 Å². The molecule has 1 fully saturated rings. The van der Waals surface area contributed by atoms with Crippen molar-refractivity contribution >= 4 is 28.8 Å². The zero-order valence-corrected chi connectivity index (χ0v) is 15.3. The van der Waals surface area contributed by atoms with E-state index in [1.807, 2.05) is 25.1 Å². The molecule has 1 aromatic carbocycles. The number of allylic oxidation sites excluding steroid dienone is 2. The van der Waals surface area contributed by atoms with Crippen LogP contribution in [0.2, 0.25) is 0 Å². The maximum Gasteiger partial charge on any atom is 0.336 e. The molecular formula is C21H19NO6. The fourth-order valence-electron chi connectivity index (χ4n) is 3.81. The maximum atomic E-state index is 12.4. The number of imide groups is 1. The van der Waals surface area contributed by atoms with Gasteiger partial charge in [-0.05, 0) is 31.4 Å². The Kier molecular flexibility index (Phi) is 4.58. The minimum Gasteiger partial charge on any atom is -0.459 e. The third-order valence-electron chi connectivity index (χ3n) is 5.26. The predicted octanol–water partition coefficient (Wildman–Crippen LogP) is 2.10. The molecule has 1 aliphatic carbocycles. The van der Waals surface area contributed by atoms with Crippen LogP contribution >= 0.6 is 0 Å². The van der Waals surface area contributed by atoms with Gasteiger partial charge in [0.25, 0.3) is 0 Å². The van der Waals surface area contributed by atoms with Crippen LogP contribution < -0.4 is 5.63 Å². The molecule has 2 aliphatic rings. The molecule has 0 spiro atoms. The molecule has 0 saturated carbocycles. The Morgan fingerprint density at radius 2 is 1.79 bits per heavy atom. The van der Waals surface area contributed by atoms with Gasteiger partial charge in [-0.2, -0.15) is 0 Å². The molecule has 7 heteroatoms. The van der Waals surface area contributed by atoms with Crippen molar-refractivity contribution in [2.45, 2.75) is 26.4 Å². The van der Waals surface area contributed by atoms with E-state index in [2.05, 4.69) is 0 Å². The van der Waals surface area contributed by atoms with E-state index in [4.69, 9.17) is 9.15 Å². The summed E-state index contributed by atoms with van der Waals surface area (Å²) in [5.41, 5.74) is 1.33. The Balaban J connectivity index is 1.46. The fourth-order valence-corrected chi connectivity index (χ4v) is 3.81. The van der Waals surface area contributed by atoms with Gasteiger partial charge in [0.1, 0.15) is 18.7 Å². The summed E-state index contributed by atoms with van der Waals surface area (Å²) in [6.45, 7) is 1.32. The molecule has 28 heavy (non-hydrogen) atoms. The second-order valence-electron chi connectivity index (χ2n) is 7.17. The van der Waals surface area contributed by atoms with Crippen LogP contribution in [-0.4, -0.2) is 29.2 Å². The van der Waals surface area contributed by atoms with Gasteiger partial charge >= 0.3 is 11.6 Å². The van der Waals surface area contributed by atoms with Crippen molar-refractivity contribution in [1.82, 2.24) is 4.90 Å². The van der Waals surface area contributed by atoms with Crippen molar-refractivity contribution in [3.63, 3.8) is 0 Å². The maximum absolute atomic E-state index is 12.4. The quantitative estimate of drug-likeness (QED) is 0.348. The number of aryl methyl sites for hydroxylation is 1. The Labute approximate surface area is 160 Å². The molecule has 1 aromatic heterocycles. The first-order valence-corrected chi connectivity index (χ1v) is 9.13. The van der Waals surface area contributed by atoms with Gasteiger partial charge in [0.15, 0.2) is 0 Å². The molecule has 144 valence electrons. The molecule has 0 radical (unpaired) electrons. The summed E-state index contributed by atoms with van der Waals surface area (Å²) >= 11 is 0. The van der Waals surface area contributed by atoms with E-state index in [-0.39, 0.29) is 30.3 Å². The Morgan fingerprint density at radius 3 is 2.46 bits per heavy atom. The Hall–Kier alpha value is -3.22. The Morgan fingerprint density at radius 1 is 1.11 bits per heavy atom. The SMILES string of the molecule is Cc1ccc2c(COC(=O)CN3C(=O)[C@H]4CC=CC[C@@H]4C3=O)cc(=O)oc2c1. The number of ether oxygens (including phenoxy) is 1. The number of fused-ring (bicyclic) bond motifs is 2. The molecule has 1 saturated heterocycles. The van der Waals surface area contributed by atoms with Crippen molar-refractivity contribution in [2.75, 3.05) is 6.54 Å². The van der Waals surface area contributed by atoms with E-state index < -0.39 is 18.1 Å². The summed E-state index contributed by atoms with van der Waals surface area (Å²) in [6, 6.07) is 6.67. The van der Waals surface area contributed by atoms with Gasteiger partial charge in [-0.3, -0.25) is 19.3 Å². The molecule has 2 atom stereocenters. The molecule has 4 rings (SSSR count). The fraction of sp³-hybridized carbons (Fsp3) is 0.333. The van der Waals surface area contributed by atoms with E-state index in [0.29, 0.717) is 29.4 Å². The van der Waals surface area contributed by atoms with Gasteiger partial charge in [-0.15, -0.1) is 0 Å². The lowest BCUT2D eigenvalue weighted by Crippen LogP contribution is -2.36. The van der Waals surface area contributed by atoms with Crippen LogP contribution in [-0.2, 0) is 25.7 Å². The first-order chi connectivity index (χ1) is 13.4. The standard InChI is InChI=1S/C21H19NO6/c1-12-6-7-14-13(9-18(23)28-17(14)8-12)11-27-19(24)10-22-20(25)15-4-2-3-5-16(15)21(22)26/h2-3,6-9,15-16H,4-5,10-11H2,1H3/t15-,16-/m0/s1. The first-order valence-electron chi connectivity index (χ1n) is 9.13. The number of likely N-dealkylation sites (tertiary alicyclic amines) is 1. The van der Waals surface area contributed by atoms with Crippen molar-refractivity contribution < 1.29 is 23.5 Å². The second-order valence-corrected chi connectivity index (χ2v) is 7.17. The molecule has 1 aliphatic heterocycles. The average Bonchev–Trinajstić information content (AvgIpc) is 2.91. The summed E-state index contributed by atoms with van der Waals surface area (Å²) in [7, 11) is 0. The second kappa shape index (κ2) is 7.07. The highest BCUT2D eigenvalue weighted by Gasteiger charge is 2.47. The van der Waals surface area contributed by atoms with Crippen LogP contribution in [0.5, 0.6) is 0 Å². The van der Waals surface area contributed by atoms with Crippen LogP contribution in [0.4, 0.5) is 0 Å². The zero-order chi connectivity index (χ0) is 19.8. The van der Waals surface area contributed by atoms with Crippen molar-refractivity contribution in [3.05, 3.63) is 58.0 Å². The van der Waals surface area contributed by atoms with Gasteiger partial charge < -0.3 is 9.15 Å². The van der Waals surface area contributed by atoms with E-state index in [9.17, 15) is 19.2 Å². The van der Waals surface area contributed by atoms with Gasteiger partial charge in [0.05, 0.1) is 11.8 Å². The molecule has 7 nitrogen and oxygen atoms in total. The zero-order valence-electron chi connectivity index (χ0n) is 15.3. The van der Waals surface area contributed by atoms with Crippen molar-refractivity contribution in [3.8, 4) is 0 Å². The predicted molar refractivity (Wildman–Crippen MR) is 99.1 cm³/mol. The van der Waals surface area contributed by atoms with Gasteiger partial charge in [0, 0.05) is 17.0 Å². The summed E-state index contributed by atoms with van der Waals surface area (Å²) in [5.74, 6) is -2.09. The third-order valence-corrected chi connectivity index (χ3v) is 5.26. The molecule has 0 bridgehead atoms. The lowest BCUT2D eigenvalue weighted by molar-refractivity contribution is -0.153. The van der Waals surface area contributed by atoms with Crippen molar-refractivity contribution in [2.24, 2.45) is 11.8 Å². The van der Waals surface area contributed by atoms with Gasteiger partial charge in [-0.1, -0.05) is 24.3 Å². The molecular weight excluding hydrogens is 362 g/mol.